The Bertz CT molecular complexity index is 930. The van der Waals surface area contributed by atoms with Crippen LogP contribution in [-0.4, -0.2) is 23.9 Å². The Morgan fingerprint density at radius 2 is 1.85 bits per heavy atom. The number of hydrogen-bond acceptors (Lipinski definition) is 4. The summed E-state index contributed by atoms with van der Waals surface area (Å²) < 4.78 is 35.4. The van der Waals surface area contributed by atoms with Crippen LogP contribution in [0.5, 0.6) is 5.75 Å². The van der Waals surface area contributed by atoms with E-state index in [2.05, 4.69) is 0 Å². The van der Waals surface area contributed by atoms with E-state index >= 15 is 0 Å². The van der Waals surface area contributed by atoms with Gasteiger partial charge >= 0.3 is 0 Å². The average Bonchev–Trinajstić information content (AvgIpc) is 3.27. The standard InChI is InChI=1S/C19H22N2O3S2/c1-3-24-17-8-10-19(11-9-17)26(22,23)21(15-18-7-5-13-25-18)14-16-6-4-12-20(16)2/h4-13H,3,14-15H2,1-2H3. The molecule has 1 aromatic carbocycles. The summed E-state index contributed by atoms with van der Waals surface area (Å²) in [5, 5.41) is 1.96. The third kappa shape index (κ3) is 4.17. The molecule has 0 saturated heterocycles. The van der Waals surface area contributed by atoms with Crippen LogP contribution < -0.4 is 4.74 Å². The molecule has 0 spiro atoms. The SMILES string of the molecule is CCOc1ccc(S(=O)(=O)N(Cc2cccs2)Cc2cccn2C)cc1. The Hall–Kier alpha value is -2.09. The van der Waals surface area contributed by atoms with Gasteiger partial charge in [0.2, 0.25) is 10.0 Å². The summed E-state index contributed by atoms with van der Waals surface area (Å²) in [4.78, 5) is 1.28. The fraction of sp³-hybridized carbons (Fsp3) is 0.263. The first-order chi connectivity index (χ1) is 12.5. The van der Waals surface area contributed by atoms with E-state index in [1.54, 1.807) is 35.6 Å². The Kier molecular flexibility index (Phi) is 5.80. The lowest BCUT2D eigenvalue weighted by Gasteiger charge is -2.22. The van der Waals surface area contributed by atoms with Crippen LogP contribution in [0.1, 0.15) is 17.5 Å². The molecule has 0 aliphatic heterocycles. The fourth-order valence-corrected chi connectivity index (χ4v) is 4.86. The molecule has 0 N–H and O–H groups in total. The lowest BCUT2D eigenvalue weighted by atomic mass is 10.3. The molecule has 0 bridgehead atoms. The van der Waals surface area contributed by atoms with E-state index in [0.717, 1.165) is 10.6 Å². The highest BCUT2D eigenvalue weighted by Crippen LogP contribution is 2.24. The van der Waals surface area contributed by atoms with Crippen LogP contribution >= 0.6 is 11.3 Å². The number of nitrogens with zero attached hydrogens (tertiary/aromatic N) is 2. The quantitative estimate of drug-likeness (QED) is 0.587. The molecule has 0 aliphatic rings. The maximum Gasteiger partial charge on any atom is 0.243 e. The molecule has 3 aromatic rings. The van der Waals surface area contributed by atoms with Crippen molar-refractivity contribution in [2.45, 2.75) is 24.9 Å². The first-order valence-corrected chi connectivity index (χ1v) is 10.7. The molecule has 0 atom stereocenters. The minimum absolute atomic E-state index is 0.270. The van der Waals surface area contributed by atoms with Gasteiger partial charge in [-0.2, -0.15) is 4.31 Å². The number of rotatable bonds is 8. The smallest absolute Gasteiger partial charge is 0.243 e. The maximum atomic E-state index is 13.2. The molecule has 0 amide bonds. The van der Waals surface area contributed by atoms with Crippen molar-refractivity contribution < 1.29 is 13.2 Å². The molecule has 0 unspecified atom stereocenters. The van der Waals surface area contributed by atoms with Crippen molar-refractivity contribution >= 4 is 21.4 Å². The predicted octanol–water partition coefficient (Wildman–Crippen LogP) is 3.88. The first-order valence-electron chi connectivity index (χ1n) is 8.36. The summed E-state index contributed by atoms with van der Waals surface area (Å²) in [7, 11) is -1.71. The molecule has 26 heavy (non-hydrogen) atoms. The molecular formula is C19H22N2O3S2. The Morgan fingerprint density at radius 3 is 2.42 bits per heavy atom. The van der Waals surface area contributed by atoms with Crippen molar-refractivity contribution in [1.29, 1.82) is 0 Å². The van der Waals surface area contributed by atoms with Crippen LogP contribution in [0.15, 0.2) is 65.0 Å². The zero-order valence-corrected chi connectivity index (χ0v) is 16.5. The summed E-state index contributed by atoms with van der Waals surface area (Å²) in [6.07, 6.45) is 1.92. The summed E-state index contributed by atoms with van der Waals surface area (Å²) in [5.41, 5.74) is 0.941. The molecule has 2 aromatic heterocycles. The minimum atomic E-state index is -3.63. The number of thiophene rings is 1. The molecule has 138 valence electrons. The van der Waals surface area contributed by atoms with Crippen molar-refractivity contribution in [1.82, 2.24) is 8.87 Å². The summed E-state index contributed by atoms with van der Waals surface area (Å²) in [5.74, 6) is 0.665. The molecule has 2 heterocycles. The van der Waals surface area contributed by atoms with Crippen molar-refractivity contribution in [2.24, 2.45) is 7.05 Å². The molecule has 0 saturated carbocycles. The molecular weight excluding hydrogens is 368 g/mol. The van der Waals surface area contributed by atoms with Gasteiger partial charge in [-0.15, -0.1) is 11.3 Å². The average molecular weight is 391 g/mol. The molecule has 5 nitrogen and oxygen atoms in total. The normalized spacial score (nSPS) is 11.8. The summed E-state index contributed by atoms with van der Waals surface area (Å²) >= 11 is 1.56. The highest BCUT2D eigenvalue weighted by molar-refractivity contribution is 7.89. The van der Waals surface area contributed by atoms with Crippen molar-refractivity contribution in [2.75, 3.05) is 6.61 Å². The fourth-order valence-electron chi connectivity index (χ4n) is 2.67. The monoisotopic (exact) mass is 390 g/mol. The second kappa shape index (κ2) is 8.07. The predicted molar refractivity (Wildman–Crippen MR) is 104 cm³/mol. The van der Waals surface area contributed by atoms with Crippen molar-refractivity contribution in [3.8, 4) is 5.75 Å². The third-order valence-electron chi connectivity index (χ3n) is 4.07. The van der Waals surface area contributed by atoms with E-state index in [-0.39, 0.29) is 4.90 Å². The number of hydrogen-bond donors (Lipinski definition) is 0. The van der Waals surface area contributed by atoms with E-state index in [1.165, 1.54) is 4.31 Å². The minimum Gasteiger partial charge on any atom is -0.494 e. The lowest BCUT2D eigenvalue weighted by molar-refractivity contribution is 0.340. The topological polar surface area (TPSA) is 51.5 Å². The van der Waals surface area contributed by atoms with Crippen LogP contribution in [0, 0.1) is 0 Å². The molecule has 7 heteroatoms. The van der Waals surface area contributed by atoms with Crippen LogP contribution in [0.3, 0.4) is 0 Å². The van der Waals surface area contributed by atoms with E-state index in [4.69, 9.17) is 4.74 Å². The highest BCUT2D eigenvalue weighted by Gasteiger charge is 2.26. The zero-order valence-electron chi connectivity index (χ0n) is 14.8. The Labute approximate surface area is 158 Å². The first kappa shape index (κ1) is 18.7. The lowest BCUT2D eigenvalue weighted by Crippen LogP contribution is -2.30. The number of benzene rings is 1. The van der Waals surface area contributed by atoms with Crippen LogP contribution in [-0.2, 0) is 30.2 Å². The van der Waals surface area contributed by atoms with Gasteiger partial charge in [-0.05, 0) is 54.8 Å². The second-order valence-electron chi connectivity index (χ2n) is 5.87. The van der Waals surface area contributed by atoms with Gasteiger partial charge < -0.3 is 9.30 Å². The molecule has 3 rings (SSSR count). The van der Waals surface area contributed by atoms with Crippen LogP contribution in [0.4, 0.5) is 0 Å². The largest absolute Gasteiger partial charge is 0.494 e. The van der Waals surface area contributed by atoms with Crippen LogP contribution in [0.2, 0.25) is 0 Å². The van der Waals surface area contributed by atoms with E-state index in [0.29, 0.717) is 25.4 Å². The highest BCUT2D eigenvalue weighted by atomic mass is 32.2. The number of aryl methyl sites for hydroxylation is 1. The number of ether oxygens (including phenoxy) is 1. The van der Waals surface area contributed by atoms with E-state index < -0.39 is 10.0 Å². The van der Waals surface area contributed by atoms with Gasteiger partial charge in [0.25, 0.3) is 0 Å². The third-order valence-corrected chi connectivity index (χ3v) is 6.74. The maximum absolute atomic E-state index is 13.2. The molecule has 0 fully saturated rings. The van der Waals surface area contributed by atoms with Gasteiger partial charge in [0.1, 0.15) is 5.75 Å². The molecule has 0 aliphatic carbocycles. The molecule has 0 radical (unpaired) electrons. The van der Waals surface area contributed by atoms with Gasteiger partial charge in [0, 0.05) is 30.4 Å². The van der Waals surface area contributed by atoms with Crippen molar-refractivity contribution in [3.05, 3.63) is 70.7 Å². The van der Waals surface area contributed by atoms with E-state index in [1.807, 2.05) is 54.4 Å². The Morgan fingerprint density at radius 1 is 1.08 bits per heavy atom. The van der Waals surface area contributed by atoms with Crippen LogP contribution in [0.25, 0.3) is 0 Å². The second-order valence-corrected chi connectivity index (χ2v) is 8.84. The summed E-state index contributed by atoms with van der Waals surface area (Å²) in [6, 6.07) is 14.3. The van der Waals surface area contributed by atoms with E-state index in [9.17, 15) is 8.42 Å². The number of aromatic nitrogens is 1. The zero-order chi connectivity index (χ0) is 18.6. The van der Waals surface area contributed by atoms with Crippen molar-refractivity contribution in [3.63, 3.8) is 0 Å². The van der Waals surface area contributed by atoms with Gasteiger partial charge in [-0.3, -0.25) is 0 Å². The summed E-state index contributed by atoms with van der Waals surface area (Å²) in [6.45, 7) is 3.10. The van der Waals surface area contributed by atoms with Gasteiger partial charge in [0.15, 0.2) is 0 Å². The van der Waals surface area contributed by atoms with Gasteiger partial charge in [-0.1, -0.05) is 6.07 Å². The van der Waals surface area contributed by atoms with Gasteiger partial charge in [-0.25, -0.2) is 8.42 Å². The van der Waals surface area contributed by atoms with Gasteiger partial charge in [0.05, 0.1) is 18.0 Å². The Balaban J connectivity index is 1.91. The number of sulfonamides is 1.